The van der Waals surface area contributed by atoms with Crippen molar-refractivity contribution < 1.29 is 14.0 Å². The summed E-state index contributed by atoms with van der Waals surface area (Å²) >= 11 is 5.67. The fourth-order valence-corrected chi connectivity index (χ4v) is 2.52. The van der Waals surface area contributed by atoms with Gasteiger partial charge in [-0.1, -0.05) is 11.6 Å². The number of anilines is 1. The molecular formula is C15H10ClFN2O2. The molecule has 0 spiro atoms. The largest absolute Gasteiger partial charge is 0.322 e. The molecule has 6 heteroatoms. The summed E-state index contributed by atoms with van der Waals surface area (Å²) in [7, 11) is 0. The van der Waals surface area contributed by atoms with Gasteiger partial charge in [0.15, 0.2) is 5.78 Å². The molecule has 106 valence electrons. The Kier molecular flexibility index (Phi) is 3.43. The van der Waals surface area contributed by atoms with Crippen LogP contribution in [0, 0.1) is 5.82 Å². The third kappa shape index (κ3) is 2.52. The molecule has 0 atom stereocenters. The monoisotopic (exact) mass is 304 g/mol. The lowest BCUT2D eigenvalue weighted by Gasteiger charge is -2.09. The summed E-state index contributed by atoms with van der Waals surface area (Å²) in [5, 5.41) is 2.56. The normalized spacial score (nSPS) is 13.1. The number of pyridine rings is 1. The number of amides is 1. The smallest absolute Gasteiger partial charge is 0.257 e. The highest BCUT2D eigenvalue weighted by molar-refractivity contribution is 6.31. The Morgan fingerprint density at radius 3 is 2.86 bits per heavy atom. The Morgan fingerprint density at radius 1 is 1.29 bits per heavy atom. The van der Waals surface area contributed by atoms with E-state index in [-0.39, 0.29) is 10.8 Å². The summed E-state index contributed by atoms with van der Waals surface area (Å²) in [6, 6.07) is 3.92. The molecule has 1 amide bonds. The third-order valence-electron chi connectivity index (χ3n) is 3.38. The first-order valence-electron chi connectivity index (χ1n) is 6.33. The number of aromatic nitrogens is 1. The van der Waals surface area contributed by atoms with Crippen molar-refractivity contribution in [2.45, 2.75) is 12.8 Å². The number of nitrogens with one attached hydrogen (secondary N) is 1. The van der Waals surface area contributed by atoms with Crippen LogP contribution in [-0.2, 0) is 6.42 Å². The maximum Gasteiger partial charge on any atom is 0.257 e. The minimum absolute atomic E-state index is 0.00280. The first-order chi connectivity index (χ1) is 10.1. The topological polar surface area (TPSA) is 59.1 Å². The second kappa shape index (κ2) is 5.26. The van der Waals surface area contributed by atoms with Crippen LogP contribution in [0.1, 0.15) is 32.7 Å². The lowest BCUT2D eigenvalue weighted by Crippen LogP contribution is -2.15. The number of rotatable bonds is 2. The molecule has 1 N–H and O–H groups in total. The lowest BCUT2D eigenvalue weighted by molar-refractivity contribution is 0.0993. The summed E-state index contributed by atoms with van der Waals surface area (Å²) < 4.78 is 13.1. The maximum absolute atomic E-state index is 13.1. The molecule has 21 heavy (non-hydrogen) atoms. The van der Waals surface area contributed by atoms with Gasteiger partial charge in [0, 0.05) is 30.1 Å². The molecule has 0 fully saturated rings. The molecule has 0 aliphatic heterocycles. The number of nitrogens with zero attached hydrogens (tertiary/aromatic N) is 1. The van der Waals surface area contributed by atoms with Gasteiger partial charge in [-0.05, 0) is 30.2 Å². The Balaban J connectivity index is 1.90. The summed E-state index contributed by atoms with van der Waals surface area (Å²) in [4.78, 5) is 27.9. The number of ketones is 1. The van der Waals surface area contributed by atoms with E-state index in [9.17, 15) is 14.0 Å². The predicted octanol–water partition coefficient (Wildman–Crippen LogP) is 3.26. The van der Waals surface area contributed by atoms with E-state index in [1.807, 2.05) is 0 Å². The lowest BCUT2D eigenvalue weighted by atomic mass is 10.1. The van der Waals surface area contributed by atoms with Crippen LogP contribution in [0.15, 0.2) is 30.6 Å². The fraction of sp³-hybridized carbons (Fsp3) is 0.133. The molecule has 3 rings (SSSR count). The summed E-state index contributed by atoms with van der Waals surface area (Å²) in [6.45, 7) is 0. The number of hydrogen-bond donors (Lipinski definition) is 1. The molecule has 2 aromatic rings. The van der Waals surface area contributed by atoms with Crippen molar-refractivity contribution in [2.75, 3.05) is 5.32 Å². The van der Waals surface area contributed by atoms with Crippen LogP contribution in [0.4, 0.5) is 10.1 Å². The van der Waals surface area contributed by atoms with E-state index in [1.54, 1.807) is 0 Å². The number of benzene rings is 1. The molecule has 0 saturated carbocycles. The molecule has 1 aromatic heterocycles. The highest BCUT2D eigenvalue weighted by Crippen LogP contribution is 2.25. The zero-order chi connectivity index (χ0) is 15.0. The van der Waals surface area contributed by atoms with E-state index in [0.717, 1.165) is 0 Å². The van der Waals surface area contributed by atoms with Crippen molar-refractivity contribution in [3.63, 3.8) is 0 Å². The first kappa shape index (κ1) is 13.7. The number of carbonyl (C=O) groups excluding carboxylic acids is 2. The number of carbonyl (C=O) groups is 2. The van der Waals surface area contributed by atoms with Crippen LogP contribution in [-0.4, -0.2) is 16.7 Å². The Hall–Kier alpha value is -2.27. The van der Waals surface area contributed by atoms with Crippen molar-refractivity contribution >= 4 is 29.0 Å². The van der Waals surface area contributed by atoms with Crippen LogP contribution >= 0.6 is 11.6 Å². The van der Waals surface area contributed by atoms with Gasteiger partial charge in [0.2, 0.25) is 0 Å². The summed E-state index contributed by atoms with van der Waals surface area (Å²) in [5.74, 6) is -0.948. The zero-order valence-electron chi connectivity index (χ0n) is 10.8. The van der Waals surface area contributed by atoms with E-state index in [2.05, 4.69) is 10.3 Å². The van der Waals surface area contributed by atoms with E-state index in [0.29, 0.717) is 35.2 Å². The fourth-order valence-electron chi connectivity index (χ4n) is 2.34. The van der Waals surface area contributed by atoms with Crippen molar-refractivity contribution in [3.8, 4) is 0 Å². The van der Waals surface area contributed by atoms with Crippen LogP contribution in [0.3, 0.4) is 0 Å². The molecule has 1 heterocycles. The molecule has 1 aromatic carbocycles. The van der Waals surface area contributed by atoms with Gasteiger partial charge in [0.1, 0.15) is 5.82 Å². The van der Waals surface area contributed by atoms with Gasteiger partial charge in [0.25, 0.3) is 5.91 Å². The van der Waals surface area contributed by atoms with Crippen LogP contribution in [0.2, 0.25) is 5.02 Å². The van der Waals surface area contributed by atoms with Crippen LogP contribution in [0.25, 0.3) is 0 Å². The molecule has 4 nitrogen and oxygen atoms in total. The number of halogens is 2. The van der Waals surface area contributed by atoms with Gasteiger partial charge < -0.3 is 5.32 Å². The van der Waals surface area contributed by atoms with Crippen molar-refractivity contribution in [3.05, 3.63) is 58.1 Å². The average Bonchev–Trinajstić information content (AvgIpc) is 2.85. The summed E-state index contributed by atoms with van der Waals surface area (Å²) in [6.07, 6.45) is 3.83. The van der Waals surface area contributed by atoms with Crippen LogP contribution < -0.4 is 5.32 Å². The molecule has 0 radical (unpaired) electrons. The molecule has 0 saturated heterocycles. The van der Waals surface area contributed by atoms with Gasteiger partial charge in [-0.25, -0.2) is 4.39 Å². The van der Waals surface area contributed by atoms with Gasteiger partial charge in [-0.15, -0.1) is 0 Å². The summed E-state index contributed by atoms with van der Waals surface area (Å²) in [5.41, 5.74) is 1.95. The highest BCUT2D eigenvalue weighted by atomic mass is 35.5. The van der Waals surface area contributed by atoms with Gasteiger partial charge in [0.05, 0.1) is 10.6 Å². The third-order valence-corrected chi connectivity index (χ3v) is 3.67. The highest BCUT2D eigenvalue weighted by Gasteiger charge is 2.25. The Labute approximate surface area is 125 Å². The van der Waals surface area contributed by atoms with Crippen molar-refractivity contribution in [2.24, 2.45) is 0 Å². The quantitative estimate of drug-likeness (QED) is 0.926. The van der Waals surface area contributed by atoms with E-state index in [1.165, 1.54) is 30.6 Å². The minimum Gasteiger partial charge on any atom is -0.322 e. The minimum atomic E-state index is -0.553. The first-order valence-corrected chi connectivity index (χ1v) is 6.70. The standard InChI is InChI=1S/C15H10ClFN2O2/c16-12-5-8(1-3-13(12)17)19-15(21)11-7-18-6-10-9(11)2-4-14(10)20/h1,3,5-7H,2,4H2,(H,19,21). The Morgan fingerprint density at radius 2 is 2.10 bits per heavy atom. The number of Topliss-reactive ketones (excluding diaryl/α,β-unsaturated/α-hetero) is 1. The van der Waals surface area contributed by atoms with Crippen molar-refractivity contribution in [1.29, 1.82) is 0 Å². The van der Waals surface area contributed by atoms with Gasteiger partial charge in [-0.2, -0.15) is 0 Å². The average molecular weight is 305 g/mol. The molecular weight excluding hydrogens is 295 g/mol. The van der Waals surface area contributed by atoms with E-state index >= 15 is 0 Å². The SMILES string of the molecule is O=C1CCc2c1cncc2C(=O)Nc1ccc(F)c(Cl)c1. The Bertz CT molecular complexity index is 761. The molecule has 0 unspecified atom stereocenters. The zero-order valence-corrected chi connectivity index (χ0v) is 11.6. The second-order valence-electron chi connectivity index (χ2n) is 4.72. The molecule has 1 aliphatic carbocycles. The van der Waals surface area contributed by atoms with Gasteiger partial charge in [-0.3, -0.25) is 14.6 Å². The van der Waals surface area contributed by atoms with Gasteiger partial charge >= 0.3 is 0 Å². The second-order valence-corrected chi connectivity index (χ2v) is 5.13. The van der Waals surface area contributed by atoms with E-state index < -0.39 is 11.7 Å². The maximum atomic E-state index is 13.1. The number of hydrogen-bond acceptors (Lipinski definition) is 3. The predicted molar refractivity (Wildman–Crippen MR) is 76.3 cm³/mol. The molecule has 1 aliphatic rings. The van der Waals surface area contributed by atoms with E-state index in [4.69, 9.17) is 11.6 Å². The number of fused-ring (bicyclic) bond motifs is 1. The van der Waals surface area contributed by atoms with Crippen molar-refractivity contribution in [1.82, 2.24) is 4.98 Å². The van der Waals surface area contributed by atoms with Crippen LogP contribution in [0.5, 0.6) is 0 Å². The molecule has 0 bridgehead atoms.